The van der Waals surface area contributed by atoms with Gasteiger partial charge in [0, 0.05) is 31.1 Å². The molecule has 0 spiro atoms. The standard InChI is InChI=1S/C17H28N4/c1-4-13-8-10-21(11-9-13)17-12(3)15(18-5-2)19-16(20-17)14-6-7-14/h13-14H,4-11H2,1-3H3,(H,18,19,20). The normalized spacial score (nSPS) is 19.9. The number of anilines is 2. The summed E-state index contributed by atoms with van der Waals surface area (Å²) in [5.74, 6) is 4.79. The van der Waals surface area contributed by atoms with Gasteiger partial charge in [0.15, 0.2) is 0 Å². The maximum absolute atomic E-state index is 4.93. The van der Waals surface area contributed by atoms with Gasteiger partial charge in [0.2, 0.25) is 0 Å². The molecule has 2 heterocycles. The van der Waals surface area contributed by atoms with E-state index in [1.54, 1.807) is 0 Å². The molecule has 1 aliphatic heterocycles. The van der Waals surface area contributed by atoms with Gasteiger partial charge in [0.1, 0.15) is 17.5 Å². The zero-order chi connectivity index (χ0) is 14.8. The fourth-order valence-electron chi connectivity index (χ4n) is 3.25. The molecule has 0 atom stereocenters. The number of nitrogens with one attached hydrogen (secondary N) is 1. The van der Waals surface area contributed by atoms with E-state index in [-0.39, 0.29) is 0 Å². The lowest BCUT2D eigenvalue weighted by Crippen LogP contribution is -2.35. The van der Waals surface area contributed by atoms with E-state index in [9.17, 15) is 0 Å². The number of aromatic nitrogens is 2. The summed E-state index contributed by atoms with van der Waals surface area (Å²) in [5.41, 5.74) is 1.22. The number of hydrogen-bond acceptors (Lipinski definition) is 4. The molecule has 0 amide bonds. The summed E-state index contributed by atoms with van der Waals surface area (Å²) in [6.45, 7) is 9.81. The average molecular weight is 288 g/mol. The van der Waals surface area contributed by atoms with Crippen LogP contribution in [0.4, 0.5) is 11.6 Å². The van der Waals surface area contributed by atoms with Crippen molar-refractivity contribution in [1.82, 2.24) is 9.97 Å². The van der Waals surface area contributed by atoms with Crippen LogP contribution in [0.2, 0.25) is 0 Å². The van der Waals surface area contributed by atoms with Crippen molar-refractivity contribution in [2.75, 3.05) is 29.9 Å². The fourth-order valence-corrected chi connectivity index (χ4v) is 3.25. The van der Waals surface area contributed by atoms with Gasteiger partial charge in [0.05, 0.1) is 0 Å². The van der Waals surface area contributed by atoms with Crippen molar-refractivity contribution in [2.24, 2.45) is 5.92 Å². The molecule has 3 rings (SSSR count). The molecule has 1 aromatic heterocycles. The van der Waals surface area contributed by atoms with Crippen LogP contribution in [-0.2, 0) is 0 Å². The van der Waals surface area contributed by atoms with E-state index in [4.69, 9.17) is 9.97 Å². The van der Waals surface area contributed by atoms with Crippen LogP contribution < -0.4 is 10.2 Å². The topological polar surface area (TPSA) is 41.1 Å². The van der Waals surface area contributed by atoms with E-state index in [1.165, 1.54) is 43.5 Å². The van der Waals surface area contributed by atoms with Gasteiger partial charge in [-0.1, -0.05) is 13.3 Å². The SMILES string of the molecule is CCNc1nc(C2CC2)nc(N2CCC(CC)CC2)c1C. The first-order valence-corrected chi connectivity index (χ1v) is 8.60. The quantitative estimate of drug-likeness (QED) is 0.896. The lowest BCUT2D eigenvalue weighted by atomic mass is 9.94. The molecule has 1 saturated heterocycles. The Hall–Kier alpha value is -1.32. The molecule has 116 valence electrons. The molecular formula is C17H28N4. The second-order valence-electron chi connectivity index (χ2n) is 6.52. The number of nitrogens with zero attached hydrogens (tertiary/aromatic N) is 3. The van der Waals surface area contributed by atoms with Gasteiger partial charge in [-0.2, -0.15) is 0 Å². The van der Waals surface area contributed by atoms with Crippen molar-refractivity contribution in [2.45, 2.75) is 58.8 Å². The summed E-state index contributed by atoms with van der Waals surface area (Å²) in [6.07, 6.45) is 6.43. The largest absolute Gasteiger partial charge is 0.370 e. The molecule has 1 aliphatic carbocycles. The van der Waals surface area contributed by atoms with Crippen LogP contribution in [0, 0.1) is 12.8 Å². The first-order chi connectivity index (χ1) is 10.2. The molecule has 0 aromatic carbocycles. The van der Waals surface area contributed by atoms with Crippen LogP contribution in [0.1, 0.15) is 63.3 Å². The highest BCUT2D eigenvalue weighted by atomic mass is 15.2. The van der Waals surface area contributed by atoms with Crippen molar-refractivity contribution >= 4 is 11.6 Å². The predicted octanol–water partition coefficient (Wildman–Crippen LogP) is 3.72. The molecule has 1 N–H and O–H groups in total. The Morgan fingerprint density at radius 1 is 1.10 bits per heavy atom. The summed E-state index contributed by atoms with van der Waals surface area (Å²) >= 11 is 0. The lowest BCUT2D eigenvalue weighted by Gasteiger charge is -2.33. The Morgan fingerprint density at radius 3 is 2.38 bits per heavy atom. The van der Waals surface area contributed by atoms with Crippen LogP contribution in [0.25, 0.3) is 0 Å². The molecule has 4 nitrogen and oxygen atoms in total. The van der Waals surface area contributed by atoms with Crippen LogP contribution in [0.5, 0.6) is 0 Å². The van der Waals surface area contributed by atoms with E-state index < -0.39 is 0 Å². The predicted molar refractivity (Wildman–Crippen MR) is 88.1 cm³/mol. The second-order valence-corrected chi connectivity index (χ2v) is 6.52. The molecule has 1 aromatic rings. The van der Waals surface area contributed by atoms with E-state index >= 15 is 0 Å². The lowest BCUT2D eigenvalue weighted by molar-refractivity contribution is 0.393. The van der Waals surface area contributed by atoms with E-state index in [2.05, 4.69) is 31.0 Å². The van der Waals surface area contributed by atoms with Crippen molar-refractivity contribution in [3.8, 4) is 0 Å². The minimum atomic E-state index is 0.606. The van der Waals surface area contributed by atoms with Gasteiger partial charge in [-0.05, 0) is 45.4 Å². The number of rotatable bonds is 5. The van der Waals surface area contributed by atoms with Crippen LogP contribution in [-0.4, -0.2) is 29.6 Å². The maximum atomic E-state index is 4.93. The summed E-state index contributed by atoms with van der Waals surface area (Å²) in [4.78, 5) is 12.2. The Morgan fingerprint density at radius 2 is 1.81 bits per heavy atom. The van der Waals surface area contributed by atoms with Gasteiger partial charge < -0.3 is 10.2 Å². The third-order valence-corrected chi connectivity index (χ3v) is 4.92. The fraction of sp³-hybridized carbons (Fsp3) is 0.765. The van der Waals surface area contributed by atoms with E-state index in [0.717, 1.165) is 37.2 Å². The highest BCUT2D eigenvalue weighted by Crippen LogP contribution is 2.40. The molecule has 21 heavy (non-hydrogen) atoms. The first kappa shape index (κ1) is 14.6. The third-order valence-electron chi connectivity index (χ3n) is 4.92. The van der Waals surface area contributed by atoms with Crippen LogP contribution in [0.15, 0.2) is 0 Å². The Labute approximate surface area is 128 Å². The van der Waals surface area contributed by atoms with Crippen LogP contribution in [0.3, 0.4) is 0 Å². The molecule has 0 unspecified atom stereocenters. The smallest absolute Gasteiger partial charge is 0.137 e. The Bertz CT molecular complexity index is 488. The average Bonchev–Trinajstić information content (AvgIpc) is 3.34. The van der Waals surface area contributed by atoms with Gasteiger partial charge in [-0.15, -0.1) is 0 Å². The van der Waals surface area contributed by atoms with Gasteiger partial charge in [-0.25, -0.2) is 9.97 Å². The molecule has 2 fully saturated rings. The molecule has 2 aliphatic rings. The summed E-state index contributed by atoms with van der Waals surface area (Å²) in [5, 5.41) is 3.42. The van der Waals surface area contributed by atoms with Crippen LogP contribution >= 0.6 is 0 Å². The van der Waals surface area contributed by atoms with Gasteiger partial charge in [0.25, 0.3) is 0 Å². The molecule has 0 bridgehead atoms. The molecule has 0 radical (unpaired) electrons. The maximum Gasteiger partial charge on any atom is 0.137 e. The molecule has 4 heteroatoms. The molecule has 1 saturated carbocycles. The number of piperidine rings is 1. The summed E-state index contributed by atoms with van der Waals surface area (Å²) in [7, 11) is 0. The van der Waals surface area contributed by atoms with Crippen molar-refractivity contribution in [3.63, 3.8) is 0 Å². The van der Waals surface area contributed by atoms with Crippen molar-refractivity contribution in [3.05, 3.63) is 11.4 Å². The molecular weight excluding hydrogens is 260 g/mol. The first-order valence-electron chi connectivity index (χ1n) is 8.60. The van der Waals surface area contributed by atoms with Gasteiger partial charge >= 0.3 is 0 Å². The summed E-state index contributed by atoms with van der Waals surface area (Å²) < 4.78 is 0. The number of hydrogen-bond donors (Lipinski definition) is 1. The highest BCUT2D eigenvalue weighted by Gasteiger charge is 2.29. The minimum Gasteiger partial charge on any atom is -0.370 e. The van der Waals surface area contributed by atoms with Gasteiger partial charge in [-0.3, -0.25) is 0 Å². The van der Waals surface area contributed by atoms with E-state index in [1.807, 2.05) is 0 Å². The summed E-state index contributed by atoms with van der Waals surface area (Å²) in [6, 6.07) is 0. The zero-order valence-electron chi connectivity index (χ0n) is 13.7. The van der Waals surface area contributed by atoms with Crippen molar-refractivity contribution < 1.29 is 0 Å². The highest BCUT2D eigenvalue weighted by molar-refractivity contribution is 5.59. The zero-order valence-corrected chi connectivity index (χ0v) is 13.7. The Balaban J connectivity index is 1.86. The monoisotopic (exact) mass is 288 g/mol. The van der Waals surface area contributed by atoms with E-state index in [0.29, 0.717) is 5.92 Å². The third kappa shape index (κ3) is 3.14. The minimum absolute atomic E-state index is 0.606. The Kier molecular flexibility index (Phi) is 4.32. The van der Waals surface area contributed by atoms with Crippen molar-refractivity contribution in [1.29, 1.82) is 0 Å². The second kappa shape index (κ2) is 6.20.